The smallest absolute Gasteiger partial charge is 0.346 e. The van der Waals surface area contributed by atoms with Crippen molar-refractivity contribution in [1.29, 1.82) is 0 Å². The Morgan fingerprint density at radius 3 is 2.60 bits per heavy atom. The van der Waals surface area contributed by atoms with Gasteiger partial charge in [-0.05, 0) is 37.9 Å². The molecule has 1 aromatic heterocycles. The molecule has 0 aliphatic rings. The van der Waals surface area contributed by atoms with Crippen LogP contribution in [-0.4, -0.2) is 40.3 Å². The van der Waals surface area contributed by atoms with Gasteiger partial charge in [0.15, 0.2) is 0 Å². The van der Waals surface area contributed by atoms with E-state index in [2.05, 4.69) is 0 Å². The first kappa shape index (κ1) is 15.0. The number of fused-ring (bicyclic) bond motifs is 1. The number of rotatable bonds is 5. The third-order valence-electron chi connectivity index (χ3n) is 2.98. The number of hydrogen-bond donors (Lipinski definition) is 2. The highest BCUT2D eigenvalue weighted by atomic mass is 32.1. The average Bonchev–Trinajstić information content (AvgIpc) is 2.66. The fourth-order valence-electron chi connectivity index (χ4n) is 2.41. The highest BCUT2D eigenvalue weighted by molar-refractivity contribution is 7.21. The molecule has 0 spiro atoms. The number of carboxylic acid groups (broad SMARTS) is 1. The van der Waals surface area contributed by atoms with Crippen molar-refractivity contribution in [1.82, 2.24) is 4.90 Å². The second-order valence-corrected chi connectivity index (χ2v) is 6.75. The Hall–Kier alpha value is -1.43. The molecular formula is C15H19NO3S. The lowest BCUT2D eigenvalue weighted by Crippen LogP contribution is -2.36. The summed E-state index contributed by atoms with van der Waals surface area (Å²) >= 11 is 1.30. The maximum absolute atomic E-state index is 11.4. The lowest BCUT2D eigenvalue weighted by atomic mass is 10.1. The second kappa shape index (κ2) is 5.52. The molecule has 0 aliphatic carbocycles. The zero-order valence-electron chi connectivity index (χ0n) is 11.9. The number of carbonyl (C=O) groups is 1. The molecule has 0 saturated carbocycles. The fraction of sp³-hybridized carbons (Fsp3) is 0.400. The molecule has 0 radical (unpaired) electrons. The summed E-state index contributed by atoms with van der Waals surface area (Å²) in [5, 5.41) is 20.2. The third-order valence-corrected chi connectivity index (χ3v) is 4.18. The van der Waals surface area contributed by atoms with E-state index in [0.717, 1.165) is 15.6 Å². The number of aliphatic hydroxyl groups is 1. The monoisotopic (exact) mass is 293 g/mol. The molecule has 4 nitrogen and oxygen atoms in total. The van der Waals surface area contributed by atoms with Gasteiger partial charge in [0.2, 0.25) is 0 Å². The average molecular weight is 293 g/mol. The van der Waals surface area contributed by atoms with E-state index in [1.54, 1.807) is 13.8 Å². The first-order chi connectivity index (χ1) is 9.28. The number of nitrogens with zero attached hydrogens (tertiary/aromatic N) is 1. The Kier molecular flexibility index (Phi) is 4.13. The normalized spacial score (nSPS) is 12.2. The van der Waals surface area contributed by atoms with Crippen molar-refractivity contribution in [2.24, 2.45) is 0 Å². The lowest BCUT2D eigenvalue weighted by molar-refractivity contribution is 0.0425. The van der Waals surface area contributed by atoms with Gasteiger partial charge in [-0.2, -0.15) is 0 Å². The van der Waals surface area contributed by atoms with Crippen molar-refractivity contribution in [3.63, 3.8) is 0 Å². The van der Waals surface area contributed by atoms with Crippen molar-refractivity contribution >= 4 is 27.4 Å². The molecule has 2 rings (SSSR count). The van der Waals surface area contributed by atoms with Crippen LogP contribution in [0, 0.1) is 0 Å². The summed E-state index contributed by atoms with van der Waals surface area (Å²) in [6.45, 7) is 4.48. The molecule has 20 heavy (non-hydrogen) atoms. The summed E-state index contributed by atoms with van der Waals surface area (Å²) < 4.78 is 0.983. The van der Waals surface area contributed by atoms with Crippen LogP contribution in [-0.2, 0) is 6.54 Å². The van der Waals surface area contributed by atoms with E-state index < -0.39 is 11.6 Å². The molecule has 0 saturated heterocycles. The van der Waals surface area contributed by atoms with Crippen molar-refractivity contribution in [3.05, 3.63) is 34.7 Å². The molecule has 1 heterocycles. The van der Waals surface area contributed by atoms with Gasteiger partial charge in [-0.25, -0.2) is 4.79 Å². The summed E-state index contributed by atoms with van der Waals surface area (Å²) in [5.41, 5.74) is 0.0223. The standard InChI is InChI=1S/C15H19NO3S/c1-15(2,19)9-16(3)8-11-10-6-4-5-7-12(10)20-13(11)14(17)18/h4-7,19H,8-9H2,1-3H3,(H,17,18). The topological polar surface area (TPSA) is 60.8 Å². The van der Waals surface area contributed by atoms with E-state index in [9.17, 15) is 15.0 Å². The summed E-state index contributed by atoms with van der Waals surface area (Å²) in [6.07, 6.45) is 0. The van der Waals surface area contributed by atoms with Gasteiger partial charge >= 0.3 is 5.97 Å². The van der Waals surface area contributed by atoms with Gasteiger partial charge in [-0.15, -0.1) is 11.3 Å². The van der Waals surface area contributed by atoms with E-state index in [4.69, 9.17) is 0 Å². The van der Waals surface area contributed by atoms with Crippen LogP contribution >= 0.6 is 11.3 Å². The lowest BCUT2D eigenvalue weighted by Gasteiger charge is -2.25. The zero-order valence-corrected chi connectivity index (χ0v) is 12.7. The molecule has 0 atom stereocenters. The van der Waals surface area contributed by atoms with Crippen LogP contribution in [0.15, 0.2) is 24.3 Å². The third kappa shape index (κ3) is 3.36. The van der Waals surface area contributed by atoms with Gasteiger partial charge in [-0.1, -0.05) is 18.2 Å². The van der Waals surface area contributed by atoms with Crippen molar-refractivity contribution in [2.75, 3.05) is 13.6 Å². The Labute approximate surface area is 122 Å². The SMILES string of the molecule is CN(Cc1c(C(=O)O)sc2ccccc12)CC(C)(C)O. The van der Waals surface area contributed by atoms with E-state index >= 15 is 0 Å². The van der Waals surface area contributed by atoms with Crippen LogP contribution in [0.4, 0.5) is 0 Å². The van der Waals surface area contributed by atoms with Gasteiger partial charge in [0, 0.05) is 17.8 Å². The zero-order chi connectivity index (χ0) is 14.9. The van der Waals surface area contributed by atoms with Gasteiger partial charge in [0.1, 0.15) is 4.88 Å². The number of aromatic carboxylic acids is 1. The molecule has 108 valence electrons. The molecule has 0 aliphatic heterocycles. The maximum Gasteiger partial charge on any atom is 0.346 e. The van der Waals surface area contributed by atoms with Crippen LogP contribution in [0.25, 0.3) is 10.1 Å². The quantitative estimate of drug-likeness (QED) is 0.890. The van der Waals surface area contributed by atoms with Gasteiger partial charge < -0.3 is 10.2 Å². The van der Waals surface area contributed by atoms with Crippen LogP contribution < -0.4 is 0 Å². The largest absolute Gasteiger partial charge is 0.477 e. The molecule has 1 aromatic carbocycles. The predicted molar refractivity (Wildman–Crippen MR) is 81.4 cm³/mol. The van der Waals surface area contributed by atoms with E-state index in [1.807, 2.05) is 36.2 Å². The number of carboxylic acids is 1. The molecular weight excluding hydrogens is 274 g/mol. The molecule has 5 heteroatoms. The van der Waals surface area contributed by atoms with Crippen LogP contribution in [0.5, 0.6) is 0 Å². The predicted octanol–water partition coefficient (Wildman–Crippen LogP) is 2.80. The second-order valence-electron chi connectivity index (χ2n) is 5.70. The minimum Gasteiger partial charge on any atom is -0.477 e. The van der Waals surface area contributed by atoms with E-state index in [0.29, 0.717) is 18.0 Å². The Morgan fingerprint density at radius 2 is 2.00 bits per heavy atom. The van der Waals surface area contributed by atoms with E-state index in [1.165, 1.54) is 11.3 Å². The molecule has 2 N–H and O–H groups in total. The van der Waals surface area contributed by atoms with Gasteiger partial charge in [0.05, 0.1) is 5.60 Å². The Morgan fingerprint density at radius 1 is 1.35 bits per heavy atom. The minimum absolute atomic E-state index is 0.383. The van der Waals surface area contributed by atoms with Crippen LogP contribution in [0.2, 0.25) is 0 Å². The number of benzene rings is 1. The Bertz CT molecular complexity index is 628. The van der Waals surface area contributed by atoms with Crippen LogP contribution in [0.1, 0.15) is 29.1 Å². The summed E-state index contributed by atoms with van der Waals surface area (Å²) in [6, 6.07) is 7.71. The summed E-state index contributed by atoms with van der Waals surface area (Å²) in [4.78, 5) is 13.7. The summed E-state index contributed by atoms with van der Waals surface area (Å²) in [7, 11) is 1.88. The van der Waals surface area contributed by atoms with Gasteiger partial charge in [0.25, 0.3) is 0 Å². The van der Waals surface area contributed by atoms with Crippen molar-refractivity contribution in [2.45, 2.75) is 26.0 Å². The van der Waals surface area contributed by atoms with Gasteiger partial charge in [-0.3, -0.25) is 4.90 Å². The molecule has 0 fully saturated rings. The fourth-order valence-corrected chi connectivity index (χ4v) is 3.47. The van der Waals surface area contributed by atoms with Crippen molar-refractivity contribution in [3.8, 4) is 0 Å². The molecule has 0 amide bonds. The molecule has 0 bridgehead atoms. The minimum atomic E-state index is -0.891. The molecule has 0 unspecified atom stereocenters. The highest BCUT2D eigenvalue weighted by Gasteiger charge is 2.21. The van der Waals surface area contributed by atoms with Crippen LogP contribution in [0.3, 0.4) is 0 Å². The van der Waals surface area contributed by atoms with E-state index in [-0.39, 0.29) is 0 Å². The summed E-state index contributed by atoms with van der Waals surface area (Å²) in [5.74, 6) is -0.891. The Balaban J connectivity index is 2.37. The maximum atomic E-state index is 11.4. The highest BCUT2D eigenvalue weighted by Crippen LogP contribution is 2.32. The first-order valence-corrected chi connectivity index (χ1v) is 7.24. The number of hydrogen-bond acceptors (Lipinski definition) is 4. The number of thiophene rings is 1. The number of likely N-dealkylation sites (N-methyl/N-ethyl adjacent to an activating group) is 1. The van der Waals surface area contributed by atoms with Crippen molar-refractivity contribution < 1.29 is 15.0 Å². The molecule has 2 aromatic rings. The first-order valence-electron chi connectivity index (χ1n) is 6.42.